The van der Waals surface area contributed by atoms with Crippen molar-refractivity contribution in [2.24, 2.45) is 7.05 Å². The maximum Gasteiger partial charge on any atom is 0.0841 e. The summed E-state index contributed by atoms with van der Waals surface area (Å²) in [5.41, 5.74) is 2.31. The predicted octanol–water partition coefficient (Wildman–Crippen LogP) is 1.61. The second kappa shape index (κ2) is 5.50. The van der Waals surface area contributed by atoms with Crippen LogP contribution in [0.4, 0.5) is 0 Å². The molecule has 98 valence electrons. The quantitative estimate of drug-likeness (QED) is 0.870. The van der Waals surface area contributed by atoms with Crippen LogP contribution in [-0.2, 0) is 13.6 Å². The Morgan fingerprint density at radius 2 is 2.06 bits per heavy atom. The van der Waals surface area contributed by atoms with Gasteiger partial charge >= 0.3 is 0 Å². The van der Waals surface area contributed by atoms with Crippen LogP contribution in [-0.4, -0.2) is 41.4 Å². The molecule has 0 saturated heterocycles. The smallest absolute Gasteiger partial charge is 0.0841 e. The molecule has 0 amide bonds. The first kappa shape index (κ1) is 13.1. The van der Waals surface area contributed by atoms with Crippen molar-refractivity contribution >= 4 is 10.9 Å². The molecule has 1 heterocycles. The lowest BCUT2D eigenvalue weighted by Crippen LogP contribution is -2.35. The van der Waals surface area contributed by atoms with Crippen molar-refractivity contribution in [2.45, 2.75) is 19.5 Å². The lowest BCUT2D eigenvalue weighted by molar-refractivity contribution is 0.302. The second-order valence-electron chi connectivity index (χ2n) is 5.03. The summed E-state index contributed by atoms with van der Waals surface area (Å²) in [5.74, 6) is 0. The van der Waals surface area contributed by atoms with Crippen LogP contribution in [0.3, 0.4) is 0 Å². The van der Waals surface area contributed by atoms with Gasteiger partial charge < -0.3 is 10.2 Å². The zero-order chi connectivity index (χ0) is 13.1. The van der Waals surface area contributed by atoms with Gasteiger partial charge in [-0.25, -0.2) is 0 Å². The molecule has 0 spiro atoms. The van der Waals surface area contributed by atoms with E-state index in [1.54, 1.807) is 0 Å². The largest absolute Gasteiger partial charge is 0.310 e. The summed E-state index contributed by atoms with van der Waals surface area (Å²) < 4.78 is 1.95. The zero-order valence-electron chi connectivity index (χ0n) is 11.6. The van der Waals surface area contributed by atoms with Gasteiger partial charge in [0.25, 0.3) is 0 Å². The molecule has 2 aromatic rings. The molecule has 0 aliphatic carbocycles. The van der Waals surface area contributed by atoms with Crippen molar-refractivity contribution < 1.29 is 0 Å². The van der Waals surface area contributed by atoms with Crippen molar-refractivity contribution in [2.75, 3.05) is 20.6 Å². The summed E-state index contributed by atoms with van der Waals surface area (Å²) in [5, 5.41) is 9.28. The minimum atomic E-state index is 0.528. The summed E-state index contributed by atoms with van der Waals surface area (Å²) >= 11 is 0. The van der Waals surface area contributed by atoms with E-state index < -0.39 is 0 Å². The average Bonchev–Trinajstić information content (AvgIpc) is 2.67. The Kier molecular flexibility index (Phi) is 3.99. The van der Waals surface area contributed by atoms with Crippen LogP contribution < -0.4 is 5.32 Å². The number of nitrogens with zero attached hydrogens (tertiary/aromatic N) is 3. The highest BCUT2D eigenvalue weighted by Crippen LogP contribution is 2.16. The van der Waals surface area contributed by atoms with Gasteiger partial charge in [0.1, 0.15) is 0 Å². The lowest BCUT2D eigenvalue weighted by Gasteiger charge is -2.19. The van der Waals surface area contributed by atoms with E-state index in [4.69, 9.17) is 0 Å². The lowest BCUT2D eigenvalue weighted by atomic mass is 10.2. The van der Waals surface area contributed by atoms with Crippen molar-refractivity contribution in [1.29, 1.82) is 0 Å². The number of fused-ring (bicyclic) bond motifs is 1. The van der Waals surface area contributed by atoms with Crippen molar-refractivity contribution in [1.82, 2.24) is 20.0 Å². The summed E-state index contributed by atoms with van der Waals surface area (Å²) in [6, 6.07) is 8.88. The first-order valence-corrected chi connectivity index (χ1v) is 6.37. The topological polar surface area (TPSA) is 33.1 Å². The fourth-order valence-electron chi connectivity index (χ4n) is 2.00. The SMILES string of the molecule is CC(CNCc1nn(C)c2ccccc12)N(C)C. The van der Waals surface area contributed by atoms with Crippen LogP contribution in [0, 0.1) is 0 Å². The van der Waals surface area contributed by atoms with E-state index in [0.717, 1.165) is 18.8 Å². The molecule has 1 unspecified atom stereocenters. The van der Waals surface area contributed by atoms with E-state index in [0.29, 0.717) is 6.04 Å². The fourth-order valence-corrected chi connectivity index (χ4v) is 2.00. The molecule has 18 heavy (non-hydrogen) atoms. The first-order valence-electron chi connectivity index (χ1n) is 6.37. The summed E-state index contributed by atoms with van der Waals surface area (Å²) in [6.45, 7) is 4.00. The van der Waals surface area contributed by atoms with Crippen LogP contribution in [0.2, 0.25) is 0 Å². The van der Waals surface area contributed by atoms with Gasteiger partial charge in [0.15, 0.2) is 0 Å². The minimum absolute atomic E-state index is 0.528. The fraction of sp³-hybridized carbons (Fsp3) is 0.500. The highest BCUT2D eigenvalue weighted by molar-refractivity contribution is 5.81. The number of hydrogen-bond donors (Lipinski definition) is 1. The molecular formula is C14H22N4. The number of nitrogens with one attached hydrogen (secondary N) is 1. The van der Waals surface area contributed by atoms with Crippen LogP contribution in [0.15, 0.2) is 24.3 Å². The molecule has 2 rings (SSSR count). The Morgan fingerprint density at radius 1 is 1.33 bits per heavy atom. The standard InChI is InChI=1S/C14H22N4/c1-11(17(2)3)9-15-10-13-12-7-5-6-8-14(12)18(4)16-13/h5-8,11,15H,9-10H2,1-4H3. The molecule has 1 aromatic carbocycles. The summed E-state index contributed by atoms with van der Waals surface area (Å²) in [6.07, 6.45) is 0. The minimum Gasteiger partial charge on any atom is -0.310 e. The van der Waals surface area contributed by atoms with E-state index in [-0.39, 0.29) is 0 Å². The monoisotopic (exact) mass is 246 g/mol. The second-order valence-corrected chi connectivity index (χ2v) is 5.03. The van der Waals surface area contributed by atoms with Crippen LogP contribution in [0.1, 0.15) is 12.6 Å². The number of para-hydroxylation sites is 1. The molecule has 0 bridgehead atoms. The molecule has 1 N–H and O–H groups in total. The molecule has 0 radical (unpaired) electrons. The molecule has 1 aromatic heterocycles. The van der Waals surface area contributed by atoms with Gasteiger partial charge in [0, 0.05) is 31.6 Å². The number of rotatable bonds is 5. The molecule has 0 fully saturated rings. The van der Waals surface area contributed by atoms with E-state index in [9.17, 15) is 0 Å². The molecule has 4 heteroatoms. The Morgan fingerprint density at radius 3 is 2.78 bits per heavy atom. The molecule has 0 aliphatic rings. The molecule has 0 saturated carbocycles. The number of hydrogen-bond acceptors (Lipinski definition) is 3. The van der Waals surface area contributed by atoms with Crippen molar-refractivity contribution in [3.8, 4) is 0 Å². The maximum atomic E-state index is 4.57. The van der Waals surface area contributed by atoms with Crippen LogP contribution in [0.5, 0.6) is 0 Å². The Labute approximate surface area is 109 Å². The van der Waals surface area contributed by atoms with Crippen LogP contribution in [0.25, 0.3) is 10.9 Å². The molecule has 1 atom stereocenters. The predicted molar refractivity (Wildman–Crippen MR) is 75.6 cm³/mol. The average molecular weight is 246 g/mol. The third-order valence-corrected chi connectivity index (χ3v) is 3.45. The maximum absolute atomic E-state index is 4.57. The van der Waals surface area contributed by atoms with Crippen LogP contribution >= 0.6 is 0 Å². The number of benzene rings is 1. The Balaban J connectivity index is 2.04. The number of aryl methyl sites for hydroxylation is 1. The van der Waals surface area contributed by atoms with E-state index in [1.165, 1.54) is 10.9 Å². The molecule has 0 aliphatic heterocycles. The van der Waals surface area contributed by atoms with Gasteiger partial charge in [0.2, 0.25) is 0 Å². The van der Waals surface area contributed by atoms with E-state index in [2.05, 4.69) is 60.6 Å². The van der Waals surface area contributed by atoms with E-state index in [1.807, 2.05) is 11.7 Å². The first-order chi connectivity index (χ1) is 8.59. The third-order valence-electron chi connectivity index (χ3n) is 3.45. The number of likely N-dealkylation sites (N-methyl/N-ethyl adjacent to an activating group) is 1. The highest BCUT2D eigenvalue weighted by atomic mass is 15.3. The third kappa shape index (κ3) is 2.71. The molecule has 4 nitrogen and oxygen atoms in total. The zero-order valence-corrected chi connectivity index (χ0v) is 11.6. The Bertz CT molecular complexity index is 515. The van der Waals surface area contributed by atoms with Gasteiger partial charge in [-0.3, -0.25) is 4.68 Å². The van der Waals surface area contributed by atoms with Crippen molar-refractivity contribution in [3.63, 3.8) is 0 Å². The normalized spacial score (nSPS) is 13.4. The highest BCUT2D eigenvalue weighted by Gasteiger charge is 2.08. The van der Waals surface area contributed by atoms with Gasteiger partial charge in [-0.1, -0.05) is 18.2 Å². The van der Waals surface area contributed by atoms with Gasteiger partial charge in [-0.05, 0) is 27.1 Å². The summed E-state index contributed by atoms with van der Waals surface area (Å²) in [7, 11) is 6.19. The van der Waals surface area contributed by atoms with E-state index >= 15 is 0 Å². The van der Waals surface area contributed by atoms with Gasteiger partial charge in [0.05, 0.1) is 11.2 Å². The summed E-state index contributed by atoms with van der Waals surface area (Å²) in [4.78, 5) is 2.21. The molecular weight excluding hydrogens is 224 g/mol. The van der Waals surface area contributed by atoms with Crippen molar-refractivity contribution in [3.05, 3.63) is 30.0 Å². The van der Waals surface area contributed by atoms with Gasteiger partial charge in [-0.15, -0.1) is 0 Å². The van der Waals surface area contributed by atoms with Gasteiger partial charge in [-0.2, -0.15) is 5.10 Å². The Hall–Kier alpha value is -1.39. The number of aromatic nitrogens is 2.